The molecule has 2 aromatic carbocycles. The minimum absolute atomic E-state index is 0. The zero-order chi connectivity index (χ0) is 12.5. The first-order valence-corrected chi connectivity index (χ1v) is 5.63. The maximum atomic E-state index is 10.3. The minimum Gasteiger partial charge on any atom is -0.506 e. The summed E-state index contributed by atoms with van der Waals surface area (Å²) in [6, 6.07) is 16.4. The number of fused-ring (bicyclic) bond motifs is 1. The summed E-state index contributed by atoms with van der Waals surface area (Å²) < 4.78 is 0. The summed E-state index contributed by atoms with van der Waals surface area (Å²) in [7, 11) is 0. The van der Waals surface area contributed by atoms with Gasteiger partial charge >= 0.3 is 0 Å². The second-order valence-corrected chi connectivity index (χ2v) is 4.04. The standard InChI is InChI=1S/C15H11NO2.Co/c17-14-11-8-4-5-9-12(11)16-15(18)13(14)10-6-2-1-3-7-10;/h1-9H,(H2,16,17,18);. The van der Waals surface area contributed by atoms with Crippen molar-refractivity contribution >= 4 is 10.9 Å². The van der Waals surface area contributed by atoms with Gasteiger partial charge in [0.1, 0.15) is 5.75 Å². The summed E-state index contributed by atoms with van der Waals surface area (Å²) in [5.41, 5.74) is 1.69. The van der Waals surface area contributed by atoms with E-state index in [1.165, 1.54) is 0 Å². The van der Waals surface area contributed by atoms with Gasteiger partial charge in [0.25, 0.3) is 0 Å². The van der Waals surface area contributed by atoms with Crippen molar-refractivity contribution in [1.29, 1.82) is 0 Å². The van der Waals surface area contributed by atoms with Crippen LogP contribution in [0, 0.1) is 0 Å². The Bertz CT molecular complexity index is 714. The molecule has 0 bridgehead atoms. The number of nitrogens with zero attached hydrogens (tertiary/aromatic N) is 1. The predicted octanol–water partition coefficient (Wildman–Crippen LogP) is 3.31. The summed E-state index contributed by atoms with van der Waals surface area (Å²) in [4.78, 5) is 4.11. The molecule has 0 aliphatic rings. The summed E-state index contributed by atoms with van der Waals surface area (Å²) in [5.74, 6) is -0.0956. The Morgan fingerprint density at radius 3 is 2.16 bits per heavy atom. The van der Waals surface area contributed by atoms with Crippen LogP contribution in [-0.4, -0.2) is 15.2 Å². The number of aromatic hydroxyl groups is 2. The van der Waals surface area contributed by atoms with Crippen LogP contribution < -0.4 is 0 Å². The van der Waals surface area contributed by atoms with Crippen LogP contribution in [0.2, 0.25) is 0 Å². The SMILES string of the molecule is Oc1nc2ccccc2c(O)c1-c1ccccc1.[Co]. The fraction of sp³-hybridized carbons (Fsp3) is 0. The van der Waals surface area contributed by atoms with Gasteiger partial charge in [-0.15, -0.1) is 0 Å². The molecule has 0 fully saturated rings. The van der Waals surface area contributed by atoms with Crippen LogP contribution in [0.25, 0.3) is 22.0 Å². The summed E-state index contributed by atoms with van der Waals surface area (Å²) in [5, 5.41) is 20.9. The van der Waals surface area contributed by atoms with E-state index in [2.05, 4.69) is 4.98 Å². The summed E-state index contributed by atoms with van der Waals surface area (Å²) >= 11 is 0. The third-order valence-electron chi connectivity index (χ3n) is 2.91. The molecule has 0 unspecified atom stereocenters. The first-order valence-electron chi connectivity index (χ1n) is 5.63. The van der Waals surface area contributed by atoms with E-state index in [0.29, 0.717) is 16.5 Å². The monoisotopic (exact) mass is 296 g/mol. The van der Waals surface area contributed by atoms with E-state index in [1.54, 1.807) is 12.1 Å². The van der Waals surface area contributed by atoms with E-state index in [4.69, 9.17) is 0 Å². The van der Waals surface area contributed by atoms with Crippen LogP contribution in [0.1, 0.15) is 0 Å². The predicted molar refractivity (Wildman–Crippen MR) is 70.5 cm³/mol. The van der Waals surface area contributed by atoms with Crippen molar-refractivity contribution in [2.75, 3.05) is 0 Å². The van der Waals surface area contributed by atoms with Crippen LogP contribution in [0.4, 0.5) is 0 Å². The van der Waals surface area contributed by atoms with Gasteiger partial charge < -0.3 is 10.2 Å². The zero-order valence-electron chi connectivity index (χ0n) is 9.87. The molecule has 0 atom stereocenters. The second kappa shape index (κ2) is 5.30. The van der Waals surface area contributed by atoms with Gasteiger partial charge in [-0.05, 0) is 17.7 Å². The molecule has 1 radical (unpaired) electrons. The molecule has 3 rings (SSSR count). The maximum absolute atomic E-state index is 10.3. The zero-order valence-corrected chi connectivity index (χ0v) is 10.9. The average Bonchev–Trinajstić information content (AvgIpc) is 2.40. The molecule has 3 aromatic rings. The van der Waals surface area contributed by atoms with Gasteiger partial charge in [-0.25, -0.2) is 4.98 Å². The molecule has 19 heavy (non-hydrogen) atoms. The van der Waals surface area contributed by atoms with E-state index < -0.39 is 0 Å². The Morgan fingerprint density at radius 1 is 0.789 bits per heavy atom. The minimum atomic E-state index is -0.155. The molecule has 4 heteroatoms. The average molecular weight is 296 g/mol. The van der Waals surface area contributed by atoms with Crippen molar-refractivity contribution in [3.05, 3.63) is 54.6 Å². The third kappa shape index (κ3) is 2.28. The van der Waals surface area contributed by atoms with E-state index in [0.717, 1.165) is 5.56 Å². The molecular formula is C15H11CoNO2. The number of hydrogen-bond donors (Lipinski definition) is 2. The van der Waals surface area contributed by atoms with Gasteiger partial charge in [-0.2, -0.15) is 0 Å². The van der Waals surface area contributed by atoms with Crippen LogP contribution in [0.5, 0.6) is 11.6 Å². The molecule has 1 heterocycles. The van der Waals surface area contributed by atoms with Crippen LogP contribution in [0.3, 0.4) is 0 Å². The number of hydrogen-bond acceptors (Lipinski definition) is 3. The van der Waals surface area contributed by atoms with Crippen molar-refractivity contribution in [3.8, 4) is 22.8 Å². The first kappa shape index (κ1) is 13.4. The van der Waals surface area contributed by atoms with Crippen molar-refractivity contribution in [2.24, 2.45) is 0 Å². The van der Waals surface area contributed by atoms with Crippen LogP contribution >= 0.6 is 0 Å². The molecule has 2 N–H and O–H groups in total. The molecular weight excluding hydrogens is 285 g/mol. The van der Waals surface area contributed by atoms with E-state index in [-0.39, 0.29) is 28.4 Å². The van der Waals surface area contributed by atoms with E-state index in [1.807, 2.05) is 42.5 Å². The molecule has 0 saturated carbocycles. The largest absolute Gasteiger partial charge is 0.506 e. The quantitative estimate of drug-likeness (QED) is 0.724. The number of aromatic nitrogens is 1. The van der Waals surface area contributed by atoms with Crippen molar-refractivity contribution in [2.45, 2.75) is 0 Å². The van der Waals surface area contributed by atoms with Crippen LogP contribution in [0.15, 0.2) is 54.6 Å². The normalized spacial score (nSPS) is 10.1. The number of para-hydroxylation sites is 1. The van der Waals surface area contributed by atoms with Gasteiger partial charge in [-0.1, -0.05) is 42.5 Å². The van der Waals surface area contributed by atoms with Gasteiger partial charge in [0.2, 0.25) is 5.88 Å². The second-order valence-electron chi connectivity index (χ2n) is 4.04. The maximum Gasteiger partial charge on any atom is 0.223 e. The van der Waals surface area contributed by atoms with Gasteiger partial charge in [0.05, 0.1) is 11.1 Å². The van der Waals surface area contributed by atoms with E-state index in [9.17, 15) is 10.2 Å². The Morgan fingerprint density at radius 2 is 1.42 bits per heavy atom. The number of benzene rings is 2. The molecule has 0 saturated heterocycles. The van der Waals surface area contributed by atoms with Gasteiger partial charge in [0.15, 0.2) is 0 Å². The molecule has 0 aliphatic carbocycles. The molecule has 0 spiro atoms. The van der Waals surface area contributed by atoms with Gasteiger partial charge in [-0.3, -0.25) is 0 Å². The third-order valence-corrected chi connectivity index (χ3v) is 2.91. The molecule has 1 aromatic heterocycles. The topological polar surface area (TPSA) is 53.4 Å². The molecule has 0 amide bonds. The van der Waals surface area contributed by atoms with Crippen molar-refractivity contribution < 1.29 is 27.0 Å². The van der Waals surface area contributed by atoms with E-state index >= 15 is 0 Å². The fourth-order valence-electron chi connectivity index (χ4n) is 2.05. The molecule has 97 valence electrons. The van der Waals surface area contributed by atoms with Crippen LogP contribution in [-0.2, 0) is 16.8 Å². The number of rotatable bonds is 1. The Kier molecular flexibility index (Phi) is 3.73. The first-order chi connectivity index (χ1) is 8.77. The van der Waals surface area contributed by atoms with Gasteiger partial charge in [0, 0.05) is 22.2 Å². The Balaban J connectivity index is 0.00000133. The Labute approximate surface area is 120 Å². The fourth-order valence-corrected chi connectivity index (χ4v) is 2.05. The molecule has 3 nitrogen and oxygen atoms in total. The van der Waals surface area contributed by atoms with Crippen molar-refractivity contribution in [1.82, 2.24) is 4.98 Å². The Hall–Kier alpha value is -2.04. The molecule has 0 aliphatic heterocycles. The van der Waals surface area contributed by atoms with Crippen molar-refractivity contribution in [3.63, 3.8) is 0 Å². The summed E-state index contributed by atoms with van der Waals surface area (Å²) in [6.45, 7) is 0. The number of pyridine rings is 1. The smallest absolute Gasteiger partial charge is 0.223 e. The summed E-state index contributed by atoms with van der Waals surface area (Å²) in [6.07, 6.45) is 0.